The second-order valence-corrected chi connectivity index (χ2v) is 7.34. The number of nitrogens with zero attached hydrogens (tertiary/aromatic N) is 4. The summed E-state index contributed by atoms with van der Waals surface area (Å²) in [7, 11) is 1.93. The van der Waals surface area contributed by atoms with Crippen molar-refractivity contribution in [1.29, 1.82) is 0 Å². The second kappa shape index (κ2) is 10.5. The summed E-state index contributed by atoms with van der Waals surface area (Å²) in [6, 6.07) is 6.79. The largest absolute Gasteiger partial charge is 0.507 e. The van der Waals surface area contributed by atoms with Gasteiger partial charge in [0.1, 0.15) is 5.75 Å². The first-order valence-electron chi connectivity index (χ1n) is 10.4. The van der Waals surface area contributed by atoms with Crippen LogP contribution in [0.5, 0.6) is 5.75 Å². The molecular weight excluding hydrogens is 382 g/mol. The van der Waals surface area contributed by atoms with E-state index in [2.05, 4.69) is 30.9 Å². The zero-order valence-corrected chi connectivity index (χ0v) is 17.6. The van der Waals surface area contributed by atoms with Crippen molar-refractivity contribution in [3.8, 4) is 5.75 Å². The van der Waals surface area contributed by atoms with Crippen molar-refractivity contribution >= 4 is 17.6 Å². The van der Waals surface area contributed by atoms with Crippen molar-refractivity contribution in [1.82, 2.24) is 25.7 Å². The number of piperidine rings is 1. The maximum absolute atomic E-state index is 12.2. The lowest BCUT2D eigenvalue weighted by Crippen LogP contribution is -2.51. The Morgan fingerprint density at radius 2 is 2.17 bits per heavy atom. The molecule has 3 rings (SSSR count). The molecule has 1 atom stereocenters. The summed E-state index contributed by atoms with van der Waals surface area (Å²) in [6.07, 6.45) is 6.11. The highest BCUT2D eigenvalue weighted by atomic mass is 16.3. The molecule has 4 N–H and O–H groups in total. The smallest absolute Gasteiger partial charge is 0.255 e. The molecule has 0 spiro atoms. The first-order valence-corrected chi connectivity index (χ1v) is 10.4. The number of guanidine groups is 1. The van der Waals surface area contributed by atoms with E-state index in [1.807, 2.05) is 31.0 Å². The van der Waals surface area contributed by atoms with Gasteiger partial charge in [-0.25, -0.2) is 0 Å². The molecule has 1 amide bonds. The van der Waals surface area contributed by atoms with E-state index in [9.17, 15) is 9.90 Å². The number of aromatic hydroxyl groups is 1. The number of para-hydroxylation sites is 1. The molecular formula is C21H31N7O2. The number of carbonyl (C=O) groups excluding carboxylic acids is 1. The van der Waals surface area contributed by atoms with Gasteiger partial charge in [-0.3, -0.25) is 14.5 Å². The molecule has 1 aliphatic rings. The van der Waals surface area contributed by atoms with Crippen LogP contribution in [0.3, 0.4) is 0 Å². The highest BCUT2D eigenvalue weighted by molar-refractivity contribution is 5.96. The molecule has 0 bridgehead atoms. The Balaban J connectivity index is 1.50. The van der Waals surface area contributed by atoms with E-state index in [0.29, 0.717) is 13.1 Å². The molecule has 1 aromatic heterocycles. The number of amides is 1. The number of benzene rings is 1. The Hall–Kier alpha value is -3.23. The third-order valence-corrected chi connectivity index (χ3v) is 4.98. The maximum atomic E-state index is 12.2. The number of aromatic nitrogens is 2. The van der Waals surface area contributed by atoms with Gasteiger partial charge in [-0.2, -0.15) is 5.10 Å². The van der Waals surface area contributed by atoms with Crippen LogP contribution in [0, 0.1) is 0 Å². The third-order valence-electron chi connectivity index (χ3n) is 4.98. The summed E-state index contributed by atoms with van der Waals surface area (Å²) in [5.41, 5.74) is 1.40. The normalized spacial score (nSPS) is 16.9. The molecule has 0 radical (unpaired) electrons. The number of hydrogen-bond donors (Lipinski definition) is 4. The third kappa shape index (κ3) is 5.88. The fourth-order valence-corrected chi connectivity index (χ4v) is 3.51. The number of aryl methyl sites for hydroxylation is 1. The van der Waals surface area contributed by atoms with Crippen LogP contribution in [0.1, 0.15) is 30.1 Å². The Kier molecular flexibility index (Phi) is 7.53. The topological polar surface area (TPSA) is 107 Å². The number of carbonyl (C=O) groups is 1. The predicted octanol–water partition coefficient (Wildman–Crippen LogP) is 1.08. The summed E-state index contributed by atoms with van der Waals surface area (Å²) in [5, 5.41) is 23.6. The minimum Gasteiger partial charge on any atom is -0.507 e. The fourth-order valence-electron chi connectivity index (χ4n) is 3.51. The van der Waals surface area contributed by atoms with E-state index < -0.39 is 0 Å². The van der Waals surface area contributed by atoms with Crippen LogP contribution >= 0.6 is 0 Å². The molecule has 1 aliphatic heterocycles. The molecule has 9 nitrogen and oxygen atoms in total. The van der Waals surface area contributed by atoms with Gasteiger partial charge < -0.3 is 26.0 Å². The number of nitrogens with one attached hydrogen (secondary N) is 3. The summed E-state index contributed by atoms with van der Waals surface area (Å²) >= 11 is 0. The number of phenolic OH excluding ortho intramolecular Hbond substituents is 1. The lowest BCUT2D eigenvalue weighted by atomic mass is 10.1. The summed E-state index contributed by atoms with van der Waals surface area (Å²) in [5.74, 6) is 0.414. The van der Waals surface area contributed by atoms with Crippen LogP contribution in [0.15, 0.2) is 41.7 Å². The average molecular weight is 414 g/mol. The van der Waals surface area contributed by atoms with Gasteiger partial charge in [0.25, 0.3) is 5.91 Å². The number of rotatable bonds is 7. The van der Waals surface area contributed by atoms with E-state index in [4.69, 9.17) is 0 Å². The standard InChI is InChI=1S/C21H31N7O2/c1-3-22-21(24-11-10-23-20(30)18-8-4-5-9-19(18)29)26-16-7-6-12-28(14-16)17-13-25-27(2)15-17/h4-5,8-9,13,15-16,29H,3,6-7,10-12,14H2,1-2H3,(H,23,30)(H2,22,24,26). The zero-order chi connectivity index (χ0) is 21.3. The molecule has 1 saturated heterocycles. The van der Waals surface area contributed by atoms with Gasteiger partial charge in [-0.05, 0) is 31.9 Å². The first-order chi connectivity index (χ1) is 14.6. The quantitative estimate of drug-likeness (QED) is 0.307. The second-order valence-electron chi connectivity index (χ2n) is 7.34. The average Bonchev–Trinajstić information content (AvgIpc) is 3.18. The first kappa shape index (κ1) is 21.5. The van der Waals surface area contributed by atoms with Gasteiger partial charge in [0.2, 0.25) is 0 Å². The van der Waals surface area contributed by atoms with Crippen molar-refractivity contribution in [3.63, 3.8) is 0 Å². The molecule has 2 aromatic rings. The number of hydrogen-bond acceptors (Lipinski definition) is 5. The molecule has 1 aromatic carbocycles. The maximum Gasteiger partial charge on any atom is 0.255 e. The molecule has 162 valence electrons. The SMILES string of the molecule is CCNC(=NCCNC(=O)c1ccccc1O)NC1CCCN(c2cnn(C)c2)C1. The number of aliphatic imine (C=N–C) groups is 1. The van der Waals surface area contributed by atoms with Crippen LogP contribution < -0.4 is 20.9 Å². The van der Waals surface area contributed by atoms with Gasteiger partial charge in [-0.15, -0.1) is 0 Å². The summed E-state index contributed by atoms with van der Waals surface area (Å²) in [6.45, 7) is 5.52. The molecule has 1 fully saturated rings. The molecule has 1 unspecified atom stereocenters. The van der Waals surface area contributed by atoms with E-state index in [-0.39, 0.29) is 23.3 Å². The monoisotopic (exact) mass is 413 g/mol. The van der Waals surface area contributed by atoms with E-state index in [1.54, 1.807) is 18.2 Å². The van der Waals surface area contributed by atoms with Gasteiger partial charge >= 0.3 is 0 Å². The van der Waals surface area contributed by atoms with E-state index >= 15 is 0 Å². The van der Waals surface area contributed by atoms with Gasteiger partial charge in [-0.1, -0.05) is 12.1 Å². The zero-order valence-electron chi connectivity index (χ0n) is 17.6. The van der Waals surface area contributed by atoms with Crippen LogP contribution in [0.4, 0.5) is 5.69 Å². The van der Waals surface area contributed by atoms with Crippen LogP contribution in [0.2, 0.25) is 0 Å². The Labute approximate surface area is 177 Å². The van der Waals surface area contributed by atoms with Crippen molar-refractivity contribution in [2.45, 2.75) is 25.8 Å². The molecule has 2 heterocycles. The molecule has 9 heteroatoms. The summed E-state index contributed by atoms with van der Waals surface area (Å²) in [4.78, 5) is 19.1. The van der Waals surface area contributed by atoms with Crippen LogP contribution in [-0.4, -0.2) is 65.5 Å². The number of anilines is 1. The van der Waals surface area contributed by atoms with Crippen LogP contribution in [0.25, 0.3) is 0 Å². The molecule has 0 aliphatic carbocycles. The van der Waals surface area contributed by atoms with Crippen molar-refractivity contribution in [2.75, 3.05) is 37.6 Å². The Morgan fingerprint density at radius 1 is 1.33 bits per heavy atom. The molecule has 30 heavy (non-hydrogen) atoms. The minimum absolute atomic E-state index is 0.0241. The van der Waals surface area contributed by atoms with Crippen molar-refractivity contribution < 1.29 is 9.90 Å². The van der Waals surface area contributed by atoms with E-state index in [1.165, 1.54) is 6.07 Å². The van der Waals surface area contributed by atoms with Crippen molar-refractivity contribution in [3.05, 3.63) is 42.2 Å². The van der Waals surface area contributed by atoms with Gasteiger partial charge in [0.05, 0.1) is 24.0 Å². The minimum atomic E-state index is -0.305. The van der Waals surface area contributed by atoms with Crippen LogP contribution in [-0.2, 0) is 7.05 Å². The highest BCUT2D eigenvalue weighted by Gasteiger charge is 2.21. The summed E-state index contributed by atoms with van der Waals surface area (Å²) < 4.78 is 1.82. The lowest BCUT2D eigenvalue weighted by Gasteiger charge is -2.34. The Morgan fingerprint density at radius 3 is 2.90 bits per heavy atom. The predicted molar refractivity (Wildman–Crippen MR) is 118 cm³/mol. The van der Waals surface area contributed by atoms with Crippen molar-refractivity contribution in [2.24, 2.45) is 12.0 Å². The van der Waals surface area contributed by atoms with Gasteiger partial charge in [0, 0.05) is 45.5 Å². The number of phenols is 1. The Bertz CT molecular complexity index is 865. The van der Waals surface area contributed by atoms with E-state index in [0.717, 1.165) is 44.1 Å². The highest BCUT2D eigenvalue weighted by Crippen LogP contribution is 2.19. The molecule has 0 saturated carbocycles. The lowest BCUT2D eigenvalue weighted by molar-refractivity contribution is 0.0952. The van der Waals surface area contributed by atoms with Gasteiger partial charge in [0.15, 0.2) is 5.96 Å². The fraction of sp³-hybridized carbons (Fsp3) is 0.476.